The number of carbonyl (C=O) groups is 1. The lowest BCUT2D eigenvalue weighted by Crippen LogP contribution is -2.49. The number of rotatable bonds is 2. The Morgan fingerprint density at radius 3 is 2.43 bits per heavy atom. The molecule has 1 aromatic carbocycles. The first-order chi connectivity index (χ1) is 11.2. The van der Waals surface area contributed by atoms with E-state index in [0.29, 0.717) is 37.3 Å². The summed E-state index contributed by atoms with van der Waals surface area (Å²) in [6.45, 7) is 4.55. The molecule has 0 N–H and O–H groups in total. The third kappa shape index (κ3) is 3.16. The molecule has 5 heteroatoms. The van der Waals surface area contributed by atoms with Crippen molar-refractivity contribution in [3.8, 4) is 6.07 Å². The van der Waals surface area contributed by atoms with Crippen LogP contribution in [0.2, 0.25) is 0 Å². The number of piperazine rings is 1. The Hall–Kier alpha value is -2.87. The predicted octanol–water partition coefficient (Wildman–Crippen LogP) is 2.22. The third-order valence-electron chi connectivity index (χ3n) is 4.02. The van der Waals surface area contributed by atoms with Crippen LogP contribution in [0.5, 0.6) is 0 Å². The van der Waals surface area contributed by atoms with Gasteiger partial charge in [0.2, 0.25) is 0 Å². The van der Waals surface area contributed by atoms with E-state index in [1.165, 1.54) is 0 Å². The van der Waals surface area contributed by atoms with Gasteiger partial charge in [-0.3, -0.25) is 4.79 Å². The number of anilines is 1. The summed E-state index contributed by atoms with van der Waals surface area (Å²) in [5, 5.41) is 9.25. The van der Waals surface area contributed by atoms with Crippen LogP contribution in [0.4, 0.5) is 5.82 Å². The summed E-state index contributed by atoms with van der Waals surface area (Å²) in [6, 6.07) is 15.2. The van der Waals surface area contributed by atoms with Gasteiger partial charge in [0.25, 0.3) is 5.91 Å². The predicted molar refractivity (Wildman–Crippen MR) is 88.2 cm³/mol. The van der Waals surface area contributed by atoms with Gasteiger partial charge in [-0.25, -0.2) is 4.98 Å². The molecule has 0 atom stereocenters. The molecule has 116 valence electrons. The first-order valence-corrected chi connectivity index (χ1v) is 7.66. The van der Waals surface area contributed by atoms with Crippen LogP contribution in [-0.2, 0) is 0 Å². The maximum absolute atomic E-state index is 12.5. The fraction of sp³-hybridized carbons (Fsp3) is 0.278. The van der Waals surface area contributed by atoms with Crippen LogP contribution in [0.3, 0.4) is 0 Å². The number of carbonyl (C=O) groups excluding carboxylic acids is 1. The second-order valence-corrected chi connectivity index (χ2v) is 5.58. The molecule has 0 aliphatic carbocycles. The highest BCUT2D eigenvalue weighted by Gasteiger charge is 2.24. The first kappa shape index (κ1) is 15.0. The van der Waals surface area contributed by atoms with Crippen molar-refractivity contribution in [3.05, 3.63) is 59.3 Å². The van der Waals surface area contributed by atoms with Gasteiger partial charge in [0, 0.05) is 37.4 Å². The molecular weight excluding hydrogens is 288 g/mol. The normalized spacial score (nSPS) is 14.4. The van der Waals surface area contributed by atoms with Gasteiger partial charge in [-0.1, -0.05) is 18.2 Å². The van der Waals surface area contributed by atoms with Crippen molar-refractivity contribution in [1.29, 1.82) is 5.26 Å². The van der Waals surface area contributed by atoms with Gasteiger partial charge >= 0.3 is 0 Å². The maximum Gasteiger partial charge on any atom is 0.253 e. The topological polar surface area (TPSA) is 60.2 Å². The molecular formula is C18H18N4O. The van der Waals surface area contributed by atoms with Crippen molar-refractivity contribution < 1.29 is 4.79 Å². The minimum atomic E-state index is 0.0583. The van der Waals surface area contributed by atoms with Crippen LogP contribution in [-0.4, -0.2) is 42.0 Å². The molecule has 1 amide bonds. The summed E-state index contributed by atoms with van der Waals surface area (Å²) < 4.78 is 0. The molecule has 1 fully saturated rings. The Labute approximate surface area is 135 Å². The zero-order valence-corrected chi connectivity index (χ0v) is 13.1. The van der Waals surface area contributed by atoms with Gasteiger partial charge in [-0.2, -0.15) is 5.26 Å². The standard InChI is InChI=1S/C18H18N4O/c1-14-7-8-16(13-19)17(20-14)21-9-11-22(12-10-21)18(23)15-5-3-2-4-6-15/h2-8H,9-12H2,1H3. The number of hydrogen-bond acceptors (Lipinski definition) is 4. The lowest BCUT2D eigenvalue weighted by atomic mass is 10.1. The van der Waals surface area contributed by atoms with Crippen molar-refractivity contribution >= 4 is 11.7 Å². The first-order valence-electron chi connectivity index (χ1n) is 7.66. The van der Waals surface area contributed by atoms with Gasteiger partial charge in [0.1, 0.15) is 11.9 Å². The van der Waals surface area contributed by atoms with Crippen molar-refractivity contribution in [3.63, 3.8) is 0 Å². The van der Waals surface area contributed by atoms with E-state index in [1.54, 1.807) is 6.07 Å². The largest absolute Gasteiger partial charge is 0.352 e. The molecule has 23 heavy (non-hydrogen) atoms. The quantitative estimate of drug-likeness (QED) is 0.853. The highest BCUT2D eigenvalue weighted by atomic mass is 16.2. The van der Waals surface area contributed by atoms with Crippen molar-refractivity contribution in [2.24, 2.45) is 0 Å². The Morgan fingerprint density at radius 1 is 1.09 bits per heavy atom. The number of aromatic nitrogens is 1. The monoisotopic (exact) mass is 306 g/mol. The number of nitriles is 1. The molecule has 0 spiro atoms. The van der Waals surface area contributed by atoms with Crippen LogP contribution in [0.1, 0.15) is 21.6 Å². The number of benzene rings is 1. The SMILES string of the molecule is Cc1ccc(C#N)c(N2CCN(C(=O)c3ccccc3)CC2)n1. The smallest absolute Gasteiger partial charge is 0.253 e. The number of nitrogens with zero attached hydrogens (tertiary/aromatic N) is 4. The number of amides is 1. The summed E-state index contributed by atoms with van der Waals surface area (Å²) in [5.74, 6) is 0.780. The Morgan fingerprint density at radius 2 is 1.78 bits per heavy atom. The molecule has 0 bridgehead atoms. The number of pyridine rings is 1. The van der Waals surface area contributed by atoms with E-state index in [0.717, 1.165) is 11.5 Å². The molecule has 1 saturated heterocycles. The average Bonchev–Trinajstić information content (AvgIpc) is 2.62. The Bertz CT molecular complexity index is 743. The van der Waals surface area contributed by atoms with Crippen LogP contribution in [0.25, 0.3) is 0 Å². The molecule has 5 nitrogen and oxygen atoms in total. The summed E-state index contributed by atoms with van der Waals surface area (Å²) >= 11 is 0. The van der Waals surface area contributed by atoms with Crippen LogP contribution in [0, 0.1) is 18.3 Å². The van der Waals surface area contributed by atoms with E-state index in [2.05, 4.69) is 16.0 Å². The Kier molecular flexibility index (Phi) is 4.24. The minimum Gasteiger partial charge on any atom is -0.352 e. The lowest BCUT2D eigenvalue weighted by molar-refractivity contribution is 0.0746. The van der Waals surface area contributed by atoms with E-state index < -0.39 is 0 Å². The molecule has 2 heterocycles. The molecule has 1 aliphatic heterocycles. The maximum atomic E-state index is 12.5. The minimum absolute atomic E-state index is 0.0583. The molecule has 0 unspecified atom stereocenters. The van der Waals surface area contributed by atoms with E-state index in [1.807, 2.05) is 48.2 Å². The van der Waals surface area contributed by atoms with Gasteiger partial charge in [0.05, 0.1) is 5.56 Å². The van der Waals surface area contributed by atoms with E-state index >= 15 is 0 Å². The molecule has 1 aliphatic rings. The van der Waals surface area contributed by atoms with Crippen molar-refractivity contribution in [2.75, 3.05) is 31.1 Å². The summed E-state index contributed by atoms with van der Waals surface area (Å²) in [4.78, 5) is 20.9. The fourth-order valence-corrected chi connectivity index (χ4v) is 2.76. The fourth-order valence-electron chi connectivity index (χ4n) is 2.76. The molecule has 0 saturated carbocycles. The summed E-state index contributed by atoms with van der Waals surface area (Å²) in [5.41, 5.74) is 2.19. The van der Waals surface area contributed by atoms with E-state index in [9.17, 15) is 10.1 Å². The Balaban J connectivity index is 1.71. The molecule has 3 rings (SSSR count). The summed E-state index contributed by atoms with van der Waals surface area (Å²) in [6.07, 6.45) is 0. The highest BCUT2D eigenvalue weighted by molar-refractivity contribution is 5.94. The number of hydrogen-bond donors (Lipinski definition) is 0. The lowest BCUT2D eigenvalue weighted by Gasteiger charge is -2.35. The van der Waals surface area contributed by atoms with Gasteiger partial charge < -0.3 is 9.80 Å². The molecule has 0 radical (unpaired) electrons. The molecule has 2 aromatic rings. The highest BCUT2D eigenvalue weighted by Crippen LogP contribution is 2.20. The zero-order chi connectivity index (χ0) is 16.2. The van der Waals surface area contributed by atoms with Crippen LogP contribution < -0.4 is 4.90 Å². The molecule has 1 aromatic heterocycles. The van der Waals surface area contributed by atoms with Crippen molar-refractivity contribution in [2.45, 2.75) is 6.92 Å². The average molecular weight is 306 g/mol. The summed E-state index contributed by atoms with van der Waals surface area (Å²) in [7, 11) is 0. The van der Waals surface area contributed by atoms with E-state index in [4.69, 9.17) is 0 Å². The van der Waals surface area contributed by atoms with Crippen LogP contribution >= 0.6 is 0 Å². The second-order valence-electron chi connectivity index (χ2n) is 5.58. The van der Waals surface area contributed by atoms with Gasteiger partial charge in [0.15, 0.2) is 0 Å². The van der Waals surface area contributed by atoms with Gasteiger partial charge in [-0.15, -0.1) is 0 Å². The second kappa shape index (κ2) is 6.49. The van der Waals surface area contributed by atoms with E-state index in [-0.39, 0.29) is 5.91 Å². The van der Waals surface area contributed by atoms with Crippen molar-refractivity contribution in [1.82, 2.24) is 9.88 Å². The third-order valence-corrected chi connectivity index (χ3v) is 4.02. The van der Waals surface area contributed by atoms with Gasteiger partial charge in [-0.05, 0) is 31.2 Å². The van der Waals surface area contributed by atoms with Crippen LogP contribution in [0.15, 0.2) is 42.5 Å². The number of aryl methyl sites for hydroxylation is 1. The zero-order valence-electron chi connectivity index (χ0n) is 13.1.